The van der Waals surface area contributed by atoms with E-state index in [9.17, 15) is 29.8 Å². The van der Waals surface area contributed by atoms with E-state index < -0.39 is 37.5 Å². The first-order valence-corrected chi connectivity index (χ1v) is 7.15. The Morgan fingerprint density at radius 3 is 1.96 bits per heavy atom. The molecule has 0 fully saturated rings. The van der Waals surface area contributed by atoms with Crippen molar-refractivity contribution in [2.45, 2.75) is 6.04 Å². The summed E-state index contributed by atoms with van der Waals surface area (Å²) in [5, 5.41) is 19.7. The smallest absolute Gasteiger partial charge is 0.279 e. The fourth-order valence-corrected chi connectivity index (χ4v) is 3.26. The number of rotatable bonds is 5. The van der Waals surface area contributed by atoms with Crippen LogP contribution in [0.5, 0.6) is 0 Å². The predicted octanol–water partition coefficient (Wildman–Crippen LogP) is 2.41. The summed E-state index contributed by atoms with van der Waals surface area (Å²) in [5.74, 6) is 0. The molecule has 1 unspecified atom stereocenters. The van der Waals surface area contributed by atoms with Crippen molar-refractivity contribution in [3.8, 4) is 0 Å². The van der Waals surface area contributed by atoms with Gasteiger partial charge in [0, 0.05) is 11.0 Å². The normalized spacial score (nSPS) is 19.0. The molecule has 124 valence electrons. The van der Waals surface area contributed by atoms with Crippen LogP contribution in [0.25, 0.3) is 5.57 Å². The second-order valence-electron chi connectivity index (χ2n) is 4.84. The molecule has 24 heavy (non-hydrogen) atoms. The van der Waals surface area contributed by atoms with Gasteiger partial charge in [-0.05, 0) is 40.4 Å². The van der Waals surface area contributed by atoms with Crippen LogP contribution < -0.4 is 0 Å². The van der Waals surface area contributed by atoms with Crippen LogP contribution in [0.15, 0.2) is 48.2 Å². The second-order valence-corrected chi connectivity index (χ2v) is 5.52. The predicted molar refractivity (Wildman–Crippen MR) is 84.4 cm³/mol. The lowest BCUT2D eigenvalue weighted by atomic mass is 9.69. The van der Waals surface area contributed by atoms with E-state index in [1.165, 1.54) is 12.1 Å². The van der Waals surface area contributed by atoms with Gasteiger partial charge in [0.1, 0.15) is 0 Å². The molecular weight excluding hydrogens is 363 g/mol. The van der Waals surface area contributed by atoms with Crippen molar-refractivity contribution in [1.82, 2.24) is 0 Å². The zero-order valence-electron chi connectivity index (χ0n) is 11.7. The molecule has 1 aliphatic carbocycles. The van der Waals surface area contributed by atoms with E-state index in [4.69, 9.17) is 23.2 Å². The van der Waals surface area contributed by atoms with Crippen molar-refractivity contribution in [3.63, 3.8) is 0 Å². The molecule has 0 saturated heterocycles. The van der Waals surface area contributed by atoms with Crippen molar-refractivity contribution in [2.24, 2.45) is 5.41 Å². The first-order chi connectivity index (χ1) is 11.2. The van der Waals surface area contributed by atoms with Gasteiger partial charge in [0.25, 0.3) is 0 Å². The van der Waals surface area contributed by atoms with Crippen molar-refractivity contribution >= 4 is 39.3 Å². The average Bonchev–Trinajstić information content (AvgIpc) is 2.53. The van der Waals surface area contributed by atoms with E-state index in [-0.39, 0.29) is 11.1 Å². The van der Waals surface area contributed by atoms with E-state index in [0.717, 1.165) is 12.2 Å². The highest BCUT2D eigenvalue weighted by Gasteiger charge is 2.66. The quantitative estimate of drug-likeness (QED) is 0.339. The number of nitro groups is 2. The summed E-state index contributed by atoms with van der Waals surface area (Å²) in [5.41, 5.74) is -3.57. The van der Waals surface area contributed by atoms with Crippen LogP contribution in [-0.4, -0.2) is 26.4 Å². The first-order valence-electron chi connectivity index (χ1n) is 6.40. The Kier molecular flexibility index (Phi) is 4.81. The zero-order valence-corrected chi connectivity index (χ0v) is 13.2. The number of allylic oxidation sites excluding steroid dienone is 2. The van der Waals surface area contributed by atoms with Crippen molar-refractivity contribution in [1.29, 1.82) is 0 Å². The highest BCUT2D eigenvalue weighted by Crippen LogP contribution is 2.48. The van der Waals surface area contributed by atoms with Crippen LogP contribution in [0.4, 0.5) is 0 Å². The molecule has 1 aromatic carbocycles. The van der Waals surface area contributed by atoms with E-state index in [2.05, 4.69) is 0 Å². The van der Waals surface area contributed by atoms with E-state index in [1.54, 1.807) is 18.2 Å². The number of hydrogen-bond acceptors (Lipinski definition) is 6. The second kappa shape index (κ2) is 6.50. The molecule has 1 aliphatic rings. The average molecular weight is 371 g/mol. The molecule has 0 heterocycles. The van der Waals surface area contributed by atoms with Gasteiger partial charge in [0.2, 0.25) is 15.9 Å². The van der Waals surface area contributed by atoms with Gasteiger partial charge < -0.3 is 0 Å². The fourth-order valence-electron chi connectivity index (χ4n) is 2.63. The molecule has 2 rings (SSSR count). The largest absolute Gasteiger partial charge is 0.326 e. The number of carbonyl (C=O) groups excluding carboxylic acids is 2. The lowest BCUT2D eigenvalue weighted by molar-refractivity contribution is -0.562. The van der Waals surface area contributed by atoms with E-state index in [1.807, 2.05) is 0 Å². The van der Waals surface area contributed by atoms with Crippen molar-refractivity contribution in [3.05, 3.63) is 74.0 Å². The SMILES string of the molecule is O=C(Cl)C1(C(=O)Cl)C(c2ccccc2)=CC=C([N+](=O)[O-])C1[N+](=O)[O-]. The molecule has 0 amide bonds. The standard InChI is InChI=1S/C14H8Cl2N2O6/c15-12(19)14(13(16)20)9(8-4-2-1-3-5-8)6-7-10(17(21)22)11(14)18(23)24/h1-7,11H. The third-order valence-corrected chi connectivity index (χ3v) is 4.26. The van der Waals surface area contributed by atoms with E-state index >= 15 is 0 Å². The van der Waals surface area contributed by atoms with Gasteiger partial charge in [0.05, 0.1) is 4.92 Å². The summed E-state index contributed by atoms with van der Waals surface area (Å²) in [6, 6.07) is 5.37. The molecule has 0 aromatic heterocycles. The highest BCUT2D eigenvalue weighted by atomic mass is 35.5. The first kappa shape index (κ1) is 17.8. The Balaban J connectivity index is 2.89. The molecular formula is C14H8Cl2N2O6. The minimum Gasteiger partial charge on any atom is -0.279 e. The number of hydrogen-bond donors (Lipinski definition) is 0. The van der Waals surface area contributed by atoms with E-state index in [0.29, 0.717) is 0 Å². The number of carbonyl (C=O) groups is 2. The molecule has 10 heteroatoms. The summed E-state index contributed by atoms with van der Waals surface area (Å²) < 4.78 is 0. The third kappa shape index (κ3) is 2.59. The molecule has 0 spiro atoms. The van der Waals surface area contributed by atoms with Gasteiger partial charge >= 0.3 is 11.7 Å². The zero-order chi connectivity index (χ0) is 18.1. The Morgan fingerprint density at radius 2 is 1.54 bits per heavy atom. The molecule has 0 aliphatic heterocycles. The Labute approximate surface area is 144 Å². The third-order valence-electron chi connectivity index (χ3n) is 3.66. The molecule has 0 N–H and O–H groups in total. The highest BCUT2D eigenvalue weighted by molar-refractivity contribution is 6.76. The Hall–Kier alpha value is -2.58. The maximum atomic E-state index is 12.1. The van der Waals surface area contributed by atoms with Gasteiger partial charge in [-0.15, -0.1) is 0 Å². The van der Waals surface area contributed by atoms with Crippen LogP contribution in [0.3, 0.4) is 0 Å². The molecule has 8 nitrogen and oxygen atoms in total. The summed E-state index contributed by atoms with van der Waals surface area (Å²) in [4.78, 5) is 44.7. The molecule has 0 radical (unpaired) electrons. The monoisotopic (exact) mass is 370 g/mol. The van der Waals surface area contributed by atoms with Crippen LogP contribution in [0.1, 0.15) is 5.56 Å². The van der Waals surface area contributed by atoms with Crippen LogP contribution >= 0.6 is 23.2 Å². The number of benzene rings is 1. The topological polar surface area (TPSA) is 120 Å². The summed E-state index contributed by atoms with van der Waals surface area (Å²) in [7, 11) is 0. The number of halogens is 2. The number of nitrogens with zero attached hydrogens (tertiary/aromatic N) is 2. The van der Waals surface area contributed by atoms with Crippen molar-refractivity contribution in [2.75, 3.05) is 0 Å². The maximum absolute atomic E-state index is 12.1. The Morgan fingerprint density at radius 1 is 1.00 bits per heavy atom. The summed E-state index contributed by atoms with van der Waals surface area (Å²) in [6.07, 6.45) is 1.95. The van der Waals surface area contributed by atoms with Gasteiger partial charge in [-0.3, -0.25) is 29.8 Å². The van der Waals surface area contributed by atoms with Crippen LogP contribution in [0.2, 0.25) is 0 Å². The maximum Gasteiger partial charge on any atom is 0.326 e. The van der Waals surface area contributed by atoms with Crippen LogP contribution in [-0.2, 0) is 9.59 Å². The molecule has 1 aromatic rings. The minimum absolute atomic E-state index is 0.171. The fraction of sp³-hybridized carbons (Fsp3) is 0.143. The molecule has 0 bridgehead atoms. The van der Waals surface area contributed by atoms with Gasteiger partial charge in [-0.1, -0.05) is 30.3 Å². The lowest BCUT2D eigenvalue weighted by Gasteiger charge is -2.31. The van der Waals surface area contributed by atoms with Crippen LogP contribution in [0, 0.1) is 25.6 Å². The molecule has 0 saturated carbocycles. The van der Waals surface area contributed by atoms with Crippen molar-refractivity contribution < 1.29 is 19.4 Å². The van der Waals surface area contributed by atoms with Gasteiger partial charge in [0.15, 0.2) is 0 Å². The lowest BCUT2D eigenvalue weighted by Crippen LogP contribution is -2.53. The van der Waals surface area contributed by atoms with Gasteiger partial charge in [-0.25, -0.2) is 0 Å². The minimum atomic E-state index is -2.70. The Bertz CT molecular complexity index is 789. The summed E-state index contributed by atoms with van der Waals surface area (Å²) in [6.45, 7) is 0. The molecule has 1 atom stereocenters. The van der Waals surface area contributed by atoms with Gasteiger partial charge in [-0.2, -0.15) is 0 Å². The summed E-state index contributed by atoms with van der Waals surface area (Å²) >= 11 is 11.0.